The maximum atomic E-state index is 12.7. The summed E-state index contributed by atoms with van der Waals surface area (Å²) in [4.78, 5) is 17.1. The highest BCUT2D eigenvalue weighted by atomic mass is 35.5. The predicted octanol–water partition coefficient (Wildman–Crippen LogP) is 5.19. The second kappa shape index (κ2) is 12.2. The van der Waals surface area contributed by atoms with Crippen molar-refractivity contribution >= 4 is 17.5 Å². The molecule has 0 saturated carbocycles. The van der Waals surface area contributed by atoms with Crippen molar-refractivity contribution in [1.29, 1.82) is 0 Å². The Bertz CT molecular complexity index is 868. The van der Waals surface area contributed by atoms with Gasteiger partial charge in [0, 0.05) is 43.7 Å². The zero-order chi connectivity index (χ0) is 22.9. The molecule has 0 aromatic heterocycles. The lowest BCUT2D eigenvalue weighted by Crippen LogP contribution is -2.50. The van der Waals surface area contributed by atoms with Gasteiger partial charge >= 0.3 is 0 Å². The topological polar surface area (TPSA) is 42.0 Å². The number of nitrogens with zero attached hydrogens (tertiary/aromatic N) is 2. The molecule has 1 amide bonds. The van der Waals surface area contributed by atoms with Gasteiger partial charge in [-0.1, -0.05) is 56.1 Å². The molecule has 1 aliphatic rings. The van der Waals surface area contributed by atoms with Crippen LogP contribution in [-0.4, -0.2) is 55.5 Å². The first-order valence-electron chi connectivity index (χ1n) is 11.5. The van der Waals surface area contributed by atoms with Crippen LogP contribution in [0.3, 0.4) is 0 Å². The third-order valence-corrected chi connectivity index (χ3v) is 6.29. The van der Waals surface area contributed by atoms with Crippen LogP contribution in [0.15, 0.2) is 48.5 Å². The van der Waals surface area contributed by atoms with Gasteiger partial charge in [-0.05, 0) is 41.8 Å². The number of hydrogen-bond acceptors (Lipinski definition) is 4. The number of ether oxygens (including phenoxy) is 2. The van der Waals surface area contributed by atoms with Gasteiger partial charge < -0.3 is 14.4 Å². The number of amides is 1. The Morgan fingerprint density at radius 2 is 1.84 bits per heavy atom. The van der Waals surface area contributed by atoms with E-state index in [-0.39, 0.29) is 17.9 Å². The highest BCUT2D eigenvalue weighted by Gasteiger charge is 2.26. The van der Waals surface area contributed by atoms with Gasteiger partial charge in [-0.3, -0.25) is 9.69 Å². The zero-order valence-electron chi connectivity index (χ0n) is 19.4. The number of rotatable bonds is 10. The largest absolute Gasteiger partial charge is 0.497 e. The highest BCUT2D eigenvalue weighted by molar-refractivity contribution is 6.30. The molecule has 32 heavy (non-hydrogen) atoms. The summed E-state index contributed by atoms with van der Waals surface area (Å²) in [5, 5.41) is 0.710. The van der Waals surface area contributed by atoms with Crippen LogP contribution in [0.25, 0.3) is 0 Å². The van der Waals surface area contributed by atoms with Crippen LogP contribution >= 0.6 is 11.6 Å². The van der Waals surface area contributed by atoms with Gasteiger partial charge in [0.05, 0.1) is 19.8 Å². The van der Waals surface area contributed by atoms with Crippen LogP contribution in [0.2, 0.25) is 5.02 Å². The lowest BCUT2D eigenvalue weighted by Gasteiger charge is -2.37. The van der Waals surface area contributed by atoms with E-state index >= 15 is 0 Å². The average Bonchev–Trinajstić information content (AvgIpc) is 2.82. The molecule has 0 radical (unpaired) electrons. The van der Waals surface area contributed by atoms with Crippen LogP contribution in [-0.2, 0) is 16.1 Å². The third kappa shape index (κ3) is 6.96. The SMILES string of the molecule is CCC[C@@H](C)C(=O)N1CCN(C[C@H](OCc2cccc(Cl)c2)c2cccc(OC)c2)CC1. The van der Waals surface area contributed by atoms with E-state index in [1.165, 1.54) is 0 Å². The molecule has 2 aromatic carbocycles. The molecule has 174 valence electrons. The molecule has 1 aliphatic heterocycles. The monoisotopic (exact) mass is 458 g/mol. The molecule has 0 unspecified atom stereocenters. The number of hydrogen-bond donors (Lipinski definition) is 0. The summed E-state index contributed by atoms with van der Waals surface area (Å²) in [6.07, 6.45) is 1.89. The van der Waals surface area contributed by atoms with Crippen LogP contribution in [0.4, 0.5) is 0 Å². The minimum Gasteiger partial charge on any atom is -0.497 e. The molecule has 1 saturated heterocycles. The Balaban J connectivity index is 1.64. The van der Waals surface area contributed by atoms with Crippen molar-refractivity contribution in [1.82, 2.24) is 9.80 Å². The van der Waals surface area contributed by atoms with E-state index in [9.17, 15) is 4.79 Å². The smallest absolute Gasteiger partial charge is 0.225 e. The molecule has 0 spiro atoms. The van der Waals surface area contributed by atoms with Crippen LogP contribution in [0.5, 0.6) is 5.75 Å². The molecular weight excluding hydrogens is 424 g/mol. The van der Waals surface area contributed by atoms with Crippen molar-refractivity contribution in [3.8, 4) is 5.75 Å². The first-order chi connectivity index (χ1) is 15.5. The first-order valence-corrected chi connectivity index (χ1v) is 11.9. The Kier molecular flexibility index (Phi) is 9.39. The summed E-state index contributed by atoms with van der Waals surface area (Å²) in [5.74, 6) is 1.21. The van der Waals surface area contributed by atoms with Gasteiger partial charge in [0.15, 0.2) is 0 Å². The quantitative estimate of drug-likeness (QED) is 0.491. The van der Waals surface area contributed by atoms with Gasteiger partial charge in [-0.2, -0.15) is 0 Å². The zero-order valence-corrected chi connectivity index (χ0v) is 20.2. The highest BCUT2D eigenvalue weighted by Crippen LogP contribution is 2.25. The van der Waals surface area contributed by atoms with Gasteiger partial charge in [-0.15, -0.1) is 0 Å². The Morgan fingerprint density at radius 1 is 1.09 bits per heavy atom. The van der Waals surface area contributed by atoms with Gasteiger partial charge in [0.1, 0.15) is 5.75 Å². The molecule has 0 aliphatic carbocycles. The molecule has 3 rings (SSSR count). The van der Waals surface area contributed by atoms with E-state index in [1.807, 2.05) is 54.3 Å². The van der Waals surface area contributed by atoms with Gasteiger partial charge in [0.2, 0.25) is 5.91 Å². The van der Waals surface area contributed by atoms with Crippen LogP contribution in [0, 0.1) is 5.92 Å². The second-order valence-electron chi connectivity index (χ2n) is 8.52. The van der Waals surface area contributed by atoms with Crippen molar-refractivity contribution in [3.05, 3.63) is 64.7 Å². The summed E-state index contributed by atoms with van der Waals surface area (Å²) in [5.41, 5.74) is 2.13. The van der Waals surface area contributed by atoms with Gasteiger partial charge in [0.25, 0.3) is 0 Å². The van der Waals surface area contributed by atoms with Crippen molar-refractivity contribution in [2.45, 2.75) is 39.4 Å². The molecule has 0 N–H and O–H groups in total. The van der Waals surface area contributed by atoms with Crippen molar-refractivity contribution in [2.75, 3.05) is 39.8 Å². The molecule has 1 fully saturated rings. The van der Waals surface area contributed by atoms with E-state index in [2.05, 4.69) is 17.9 Å². The molecule has 5 nitrogen and oxygen atoms in total. The van der Waals surface area contributed by atoms with Crippen molar-refractivity contribution < 1.29 is 14.3 Å². The van der Waals surface area contributed by atoms with E-state index in [1.54, 1.807) is 7.11 Å². The number of halogens is 1. The second-order valence-corrected chi connectivity index (χ2v) is 8.96. The van der Waals surface area contributed by atoms with Crippen molar-refractivity contribution in [3.63, 3.8) is 0 Å². The number of carbonyl (C=O) groups excluding carboxylic acids is 1. The number of carbonyl (C=O) groups is 1. The average molecular weight is 459 g/mol. The Morgan fingerprint density at radius 3 is 2.53 bits per heavy atom. The standard InChI is InChI=1S/C26H35ClN2O3/c1-4-7-20(2)26(30)29-14-12-28(13-15-29)18-25(22-9-6-11-24(17-22)31-3)32-19-21-8-5-10-23(27)16-21/h5-6,8-11,16-17,20,25H,4,7,12-15,18-19H2,1-3H3/t20-,25+/m1/s1. The molecule has 6 heteroatoms. The normalized spacial score (nSPS) is 16.6. The molecule has 1 heterocycles. The Labute approximate surface area is 197 Å². The Hall–Kier alpha value is -2.08. The maximum absolute atomic E-state index is 12.7. The summed E-state index contributed by atoms with van der Waals surface area (Å²) in [6.45, 7) is 8.66. The number of methoxy groups -OCH3 is 1. The first kappa shape index (κ1) is 24.6. The van der Waals surface area contributed by atoms with Crippen LogP contribution < -0.4 is 4.74 Å². The van der Waals surface area contributed by atoms with E-state index in [0.717, 1.165) is 62.4 Å². The fourth-order valence-electron chi connectivity index (χ4n) is 4.17. The van der Waals surface area contributed by atoms with E-state index < -0.39 is 0 Å². The summed E-state index contributed by atoms with van der Waals surface area (Å²) in [7, 11) is 1.68. The fourth-order valence-corrected chi connectivity index (χ4v) is 4.39. The third-order valence-electron chi connectivity index (χ3n) is 6.06. The van der Waals surface area contributed by atoms with Crippen molar-refractivity contribution in [2.24, 2.45) is 5.92 Å². The van der Waals surface area contributed by atoms with Gasteiger partial charge in [-0.25, -0.2) is 0 Å². The number of benzene rings is 2. The maximum Gasteiger partial charge on any atom is 0.225 e. The molecular formula is C26H35ClN2O3. The minimum atomic E-state index is -0.106. The molecule has 2 aromatic rings. The molecule has 0 bridgehead atoms. The number of piperazine rings is 1. The summed E-state index contributed by atoms with van der Waals surface area (Å²) >= 11 is 6.14. The molecule has 2 atom stereocenters. The summed E-state index contributed by atoms with van der Waals surface area (Å²) in [6, 6.07) is 15.8. The lowest BCUT2D eigenvalue weighted by atomic mass is 10.0. The minimum absolute atomic E-state index is 0.106. The van der Waals surface area contributed by atoms with E-state index in [0.29, 0.717) is 11.6 Å². The summed E-state index contributed by atoms with van der Waals surface area (Å²) < 4.78 is 11.8. The lowest BCUT2D eigenvalue weighted by molar-refractivity contribution is -0.137. The van der Waals surface area contributed by atoms with E-state index in [4.69, 9.17) is 21.1 Å². The fraction of sp³-hybridized carbons (Fsp3) is 0.500. The van der Waals surface area contributed by atoms with Crippen LogP contribution in [0.1, 0.15) is 43.9 Å². The predicted molar refractivity (Wildman–Crippen MR) is 129 cm³/mol.